The molecule has 0 radical (unpaired) electrons. The number of rotatable bonds is 1. The Morgan fingerprint density at radius 3 is 2.75 bits per heavy atom. The topological polar surface area (TPSA) is 27.3 Å². The fourth-order valence-electron chi connectivity index (χ4n) is 0.922. The lowest BCUT2D eigenvalue weighted by atomic mass is 10.4. The molecule has 0 bridgehead atoms. The molecule has 1 saturated heterocycles. The van der Waals surface area contributed by atoms with Gasteiger partial charge in [0.25, 0.3) is 0 Å². The third-order valence-corrected chi connectivity index (χ3v) is 1.52. The second-order valence-corrected chi connectivity index (χ2v) is 2.16. The zero-order valence-corrected chi connectivity index (χ0v) is 5.44. The monoisotopic (exact) mass is 115 g/mol. The van der Waals surface area contributed by atoms with Gasteiger partial charge in [0.1, 0.15) is 0 Å². The smallest absolute Gasteiger partial charge is 0.0734 e. The van der Waals surface area contributed by atoms with Crippen molar-refractivity contribution in [1.82, 2.24) is 15.8 Å². The highest BCUT2D eigenvalue weighted by molar-refractivity contribution is 4.66. The minimum atomic E-state index is 0.537. The van der Waals surface area contributed by atoms with Crippen LogP contribution in [0.4, 0.5) is 0 Å². The summed E-state index contributed by atoms with van der Waals surface area (Å²) in [7, 11) is 2.10. The minimum Gasteiger partial charge on any atom is -0.276 e. The molecule has 0 aromatic heterocycles. The Kier molecular flexibility index (Phi) is 1.83. The lowest BCUT2D eigenvalue weighted by Gasteiger charge is -2.14. The van der Waals surface area contributed by atoms with Gasteiger partial charge < -0.3 is 0 Å². The van der Waals surface area contributed by atoms with E-state index in [1.807, 2.05) is 0 Å². The SMILES string of the molecule is CCC1NNCN1C. The van der Waals surface area contributed by atoms with Crippen molar-refractivity contribution in [3.63, 3.8) is 0 Å². The molecule has 1 rings (SSSR count). The first-order valence-electron chi connectivity index (χ1n) is 3.03. The first-order valence-corrected chi connectivity index (χ1v) is 3.03. The molecule has 8 heavy (non-hydrogen) atoms. The maximum atomic E-state index is 3.13. The average Bonchev–Trinajstić information content (AvgIpc) is 2.14. The molecule has 3 nitrogen and oxygen atoms in total. The summed E-state index contributed by atoms with van der Waals surface area (Å²) in [5.41, 5.74) is 6.18. The van der Waals surface area contributed by atoms with E-state index in [9.17, 15) is 0 Å². The highest BCUT2D eigenvalue weighted by Crippen LogP contribution is 1.98. The van der Waals surface area contributed by atoms with E-state index in [1.165, 1.54) is 0 Å². The van der Waals surface area contributed by atoms with Crippen molar-refractivity contribution in [2.24, 2.45) is 0 Å². The van der Waals surface area contributed by atoms with Crippen molar-refractivity contribution in [2.45, 2.75) is 19.5 Å². The number of hydrogen-bond donors (Lipinski definition) is 2. The first-order chi connectivity index (χ1) is 3.84. The van der Waals surface area contributed by atoms with Gasteiger partial charge in [-0.1, -0.05) is 6.92 Å². The van der Waals surface area contributed by atoms with Crippen LogP contribution >= 0.6 is 0 Å². The highest BCUT2D eigenvalue weighted by Gasteiger charge is 2.16. The standard InChI is InChI=1S/C5H13N3/c1-3-5-7-6-4-8(5)2/h5-7H,3-4H2,1-2H3. The normalized spacial score (nSPS) is 31.5. The second-order valence-electron chi connectivity index (χ2n) is 2.16. The van der Waals surface area contributed by atoms with Gasteiger partial charge >= 0.3 is 0 Å². The molecule has 1 heterocycles. The molecule has 3 heteroatoms. The van der Waals surface area contributed by atoms with E-state index in [4.69, 9.17) is 0 Å². The third-order valence-electron chi connectivity index (χ3n) is 1.52. The first kappa shape index (κ1) is 6.01. The van der Waals surface area contributed by atoms with Gasteiger partial charge in [-0.2, -0.15) is 0 Å². The fourth-order valence-corrected chi connectivity index (χ4v) is 0.922. The van der Waals surface area contributed by atoms with Crippen molar-refractivity contribution in [3.8, 4) is 0 Å². The quantitative estimate of drug-likeness (QED) is 0.492. The minimum absolute atomic E-state index is 0.537. The zero-order chi connectivity index (χ0) is 5.98. The maximum absolute atomic E-state index is 3.13. The molecule has 0 spiro atoms. The van der Waals surface area contributed by atoms with E-state index < -0.39 is 0 Å². The Hall–Kier alpha value is -0.120. The molecule has 0 saturated carbocycles. The summed E-state index contributed by atoms with van der Waals surface area (Å²) >= 11 is 0. The maximum Gasteiger partial charge on any atom is 0.0734 e. The van der Waals surface area contributed by atoms with Crippen LogP contribution in [0.3, 0.4) is 0 Å². The summed E-state index contributed by atoms with van der Waals surface area (Å²) in [5.74, 6) is 0. The number of hydrogen-bond acceptors (Lipinski definition) is 3. The lowest BCUT2D eigenvalue weighted by molar-refractivity contribution is 0.287. The van der Waals surface area contributed by atoms with E-state index in [-0.39, 0.29) is 0 Å². The average molecular weight is 115 g/mol. The summed E-state index contributed by atoms with van der Waals surface area (Å²) in [6.07, 6.45) is 1.69. The van der Waals surface area contributed by atoms with Gasteiger partial charge in [-0.25, -0.2) is 10.9 Å². The number of nitrogens with zero attached hydrogens (tertiary/aromatic N) is 1. The van der Waals surface area contributed by atoms with Crippen molar-refractivity contribution >= 4 is 0 Å². The molecule has 1 unspecified atom stereocenters. The molecular formula is C5H13N3. The molecular weight excluding hydrogens is 102 g/mol. The van der Waals surface area contributed by atoms with Crippen LogP contribution in [0.15, 0.2) is 0 Å². The van der Waals surface area contributed by atoms with E-state index in [1.54, 1.807) is 0 Å². The molecule has 0 aromatic rings. The van der Waals surface area contributed by atoms with E-state index in [2.05, 4.69) is 29.7 Å². The summed E-state index contributed by atoms with van der Waals surface area (Å²) in [6.45, 7) is 3.12. The van der Waals surface area contributed by atoms with Gasteiger partial charge in [0.2, 0.25) is 0 Å². The Bertz CT molecular complexity index is 74.1. The highest BCUT2D eigenvalue weighted by atomic mass is 15.6. The van der Waals surface area contributed by atoms with Crippen LogP contribution < -0.4 is 10.9 Å². The summed E-state index contributed by atoms with van der Waals surface area (Å²) < 4.78 is 0. The summed E-state index contributed by atoms with van der Waals surface area (Å²) in [6, 6.07) is 0. The summed E-state index contributed by atoms with van der Waals surface area (Å²) in [4.78, 5) is 2.24. The predicted octanol–water partition coefficient (Wildman–Crippen LogP) is -0.280. The van der Waals surface area contributed by atoms with Crippen LogP contribution in [0, 0.1) is 0 Å². The van der Waals surface area contributed by atoms with Gasteiger partial charge in [-0.05, 0) is 13.5 Å². The van der Waals surface area contributed by atoms with Crippen LogP contribution in [-0.2, 0) is 0 Å². The summed E-state index contributed by atoms with van der Waals surface area (Å²) in [5, 5.41) is 0. The molecule has 48 valence electrons. The molecule has 1 aliphatic heterocycles. The Morgan fingerprint density at radius 2 is 2.50 bits per heavy atom. The van der Waals surface area contributed by atoms with Crippen molar-refractivity contribution in [1.29, 1.82) is 0 Å². The van der Waals surface area contributed by atoms with Crippen LogP contribution in [0.1, 0.15) is 13.3 Å². The Labute approximate surface area is 50.0 Å². The van der Waals surface area contributed by atoms with Crippen LogP contribution in [-0.4, -0.2) is 24.8 Å². The van der Waals surface area contributed by atoms with Crippen molar-refractivity contribution in [2.75, 3.05) is 13.7 Å². The lowest BCUT2D eigenvalue weighted by Crippen LogP contribution is -2.33. The van der Waals surface area contributed by atoms with Gasteiger partial charge in [0.15, 0.2) is 0 Å². The van der Waals surface area contributed by atoms with E-state index in [0.717, 1.165) is 13.1 Å². The number of nitrogens with one attached hydrogen (secondary N) is 2. The zero-order valence-electron chi connectivity index (χ0n) is 5.44. The third kappa shape index (κ3) is 0.992. The molecule has 1 aliphatic rings. The Morgan fingerprint density at radius 1 is 1.75 bits per heavy atom. The molecule has 0 amide bonds. The van der Waals surface area contributed by atoms with Crippen LogP contribution in [0.25, 0.3) is 0 Å². The molecule has 0 aromatic carbocycles. The van der Waals surface area contributed by atoms with E-state index in [0.29, 0.717) is 6.17 Å². The van der Waals surface area contributed by atoms with Gasteiger partial charge in [0.05, 0.1) is 12.8 Å². The van der Waals surface area contributed by atoms with Crippen molar-refractivity contribution in [3.05, 3.63) is 0 Å². The molecule has 2 N–H and O–H groups in total. The molecule has 1 atom stereocenters. The molecule has 1 fully saturated rings. The largest absolute Gasteiger partial charge is 0.276 e. The van der Waals surface area contributed by atoms with Crippen LogP contribution in [0.2, 0.25) is 0 Å². The van der Waals surface area contributed by atoms with Crippen molar-refractivity contribution < 1.29 is 0 Å². The van der Waals surface area contributed by atoms with E-state index >= 15 is 0 Å². The number of hydrazine groups is 1. The second kappa shape index (κ2) is 2.44. The van der Waals surface area contributed by atoms with Crippen LogP contribution in [0.5, 0.6) is 0 Å². The Balaban J connectivity index is 2.30. The van der Waals surface area contributed by atoms with Gasteiger partial charge in [0, 0.05) is 0 Å². The molecule has 0 aliphatic carbocycles. The predicted molar refractivity (Wildman–Crippen MR) is 33.0 cm³/mol. The fraction of sp³-hybridized carbons (Fsp3) is 1.00. The van der Waals surface area contributed by atoms with Gasteiger partial charge in [-0.15, -0.1) is 0 Å². The van der Waals surface area contributed by atoms with Gasteiger partial charge in [-0.3, -0.25) is 4.90 Å².